The third-order valence-corrected chi connectivity index (χ3v) is 4.90. The second-order valence-corrected chi connectivity index (χ2v) is 6.53. The Morgan fingerprint density at radius 2 is 2.07 bits per heavy atom. The molecular weight excluding hydrogens is 345 g/mol. The Morgan fingerprint density at radius 3 is 2.93 bits per heavy atom. The summed E-state index contributed by atoms with van der Waals surface area (Å²) < 4.78 is 20.7. The summed E-state index contributed by atoms with van der Waals surface area (Å²) in [6.45, 7) is 0. The molecule has 0 atom stereocenters. The van der Waals surface area contributed by atoms with Crippen LogP contribution in [0.15, 0.2) is 42.5 Å². The fraction of sp³-hybridized carbons (Fsp3) is 0.150. The van der Waals surface area contributed by atoms with E-state index in [1.165, 1.54) is 17.7 Å². The van der Waals surface area contributed by atoms with E-state index in [4.69, 9.17) is 10.5 Å². The first-order valence-electron chi connectivity index (χ1n) is 8.59. The van der Waals surface area contributed by atoms with Gasteiger partial charge in [0.1, 0.15) is 17.4 Å². The van der Waals surface area contributed by atoms with Gasteiger partial charge >= 0.3 is 0 Å². The molecule has 2 N–H and O–H groups in total. The predicted molar refractivity (Wildman–Crippen MR) is 101 cm³/mol. The van der Waals surface area contributed by atoms with Crippen LogP contribution in [0.3, 0.4) is 0 Å². The van der Waals surface area contributed by atoms with Crippen molar-refractivity contribution in [3.8, 4) is 5.75 Å². The molecule has 0 radical (unpaired) electrons. The number of ether oxygens (including phenoxy) is 1. The highest BCUT2D eigenvalue weighted by molar-refractivity contribution is 5.91. The molecule has 2 aromatic heterocycles. The largest absolute Gasteiger partial charge is 0.497 e. The summed E-state index contributed by atoms with van der Waals surface area (Å²) in [5.74, 6) is 1.30. The molecule has 1 aliphatic carbocycles. The van der Waals surface area contributed by atoms with E-state index < -0.39 is 0 Å². The monoisotopic (exact) mass is 361 g/mol. The molecule has 0 spiro atoms. The number of aromatic nitrogens is 4. The Bertz CT molecular complexity index is 1240. The molecule has 27 heavy (non-hydrogen) atoms. The molecule has 2 heterocycles. The Kier molecular flexibility index (Phi) is 3.36. The number of halogens is 1. The highest BCUT2D eigenvalue weighted by Crippen LogP contribution is 2.33. The van der Waals surface area contributed by atoms with E-state index >= 15 is 0 Å². The lowest BCUT2D eigenvalue weighted by molar-refractivity contribution is 0.414. The zero-order valence-corrected chi connectivity index (χ0v) is 14.6. The zero-order valence-electron chi connectivity index (χ0n) is 14.6. The molecule has 5 rings (SSSR count). The van der Waals surface area contributed by atoms with Crippen molar-refractivity contribution in [1.29, 1.82) is 0 Å². The standard InChI is InChI=1S/C20H16FN5O/c1-27-14-6-4-11-2-3-12(16(11)10-14)8-18-23-17-9-13(21)5-7-15(17)19-24-20(22)25-26(18)19/h3-7,9-10H,2,8H2,1H3,(H2,22,25). The fourth-order valence-electron chi connectivity index (χ4n) is 3.61. The van der Waals surface area contributed by atoms with Gasteiger partial charge in [-0.1, -0.05) is 12.1 Å². The fourth-order valence-corrected chi connectivity index (χ4v) is 3.61. The second kappa shape index (κ2) is 5.77. The first kappa shape index (κ1) is 15.7. The van der Waals surface area contributed by atoms with E-state index in [9.17, 15) is 4.39 Å². The van der Waals surface area contributed by atoms with Crippen LogP contribution in [0.25, 0.3) is 22.1 Å². The maximum Gasteiger partial charge on any atom is 0.240 e. The summed E-state index contributed by atoms with van der Waals surface area (Å²) >= 11 is 0. The molecule has 7 heteroatoms. The number of hydrogen-bond donors (Lipinski definition) is 1. The number of benzene rings is 2. The summed E-state index contributed by atoms with van der Waals surface area (Å²) in [6, 6.07) is 10.5. The van der Waals surface area contributed by atoms with E-state index in [0.717, 1.165) is 23.3 Å². The molecule has 134 valence electrons. The summed E-state index contributed by atoms with van der Waals surface area (Å²) in [7, 11) is 1.65. The topological polar surface area (TPSA) is 78.3 Å². The van der Waals surface area contributed by atoms with Crippen LogP contribution in [0.2, 0.25) is 0 Å². The van der Waals surface area contributed by atoms with Crippen LogP contribution in [0, 0.1) is 5.82 Å². The second-order valence-electron chi connectivity index (χ2n) is 6.53. The van der Waals surface area contributed by atoms with Crippen molar-refractivity contribution in [2.45, 2.75) is 12.8 Å². The summed E-state index contributed by atoms with van der Waals surface area (Å²) in [4.78, 5) is 8.95. The third-order valence-electron chi connectivity index (χ3n) is 4.90. The van der Waals surface area contributed by atoms with Gasteiger partial charge in [0, 0.05) is 17.9 Å². The van der Waals surface area contributed by atoms with Gasteiger partial charge in [-0.05, 0) is 47.4 Å². The number of hydrogen-bond acceptors (Lipinski definition) is 5. The normalized spacial score (nSPS) is 13.2. The molecule has 6 nitrogen and oxygen atoms in total. The van der Waals surface area contributed by atoms with Crippen LogP contribution >= 0.6 is 0 Å². The van der Waals surface area contributed by atoms with Gasteiger partial charge < -0.3 is 10.5 Å². The van der Waals surface area contributed by atoms with E-state index in [0.29, 0.717) is 28.8 Å². The van der Waals surface area contributed by atoms with Gasteiger partial charge in [0.25, 0.3) is 0 Å². The Labute approximate surface area is 154 Å². The van der Waals surface area contributed by atoms with Gasteiger partial charge in [0.15, 0.2) is 5.65 Å². The number of fused-ring (bicyclic) bond motifs is 4. The zero-order chi connectivity index (χ0) is 18.5. The highest BCUT2D eigenvalue weighted by atomic mass is 19.1. The lowest BCUT2D eigenvalue weighted by Crippen LogP contribution is -2.05. The molecular formula is C20H16FN5O. The quantitative estimate of drug-likeness (QED) is 0.606. The van der Waals surface area contributed by atoms with Crippen LogP contribution in [0.4, 0.5) is 10.3 Å². The smallest absolute Gasteiger partial charge is 0.240 e. The first-order valence-corrected chi connectivity index (χ1v) is 8.59. The van der Waals surface area contributed by atoms with E-state index in [1.54, 1.807) is 17.7 Å². The van der Waals surface area contributed by atoms with Crippen LogP contribution in [0.5, 0.6) is 5.75 Å². The van der Waals surface area contributed by atoms with Crippen LogP contribution in [-0.4, -0.2) is 26.7 Å². The lowest BCUT2D eigenvalue weighted by atomic mass is 10.0. The van der Waals surface area contributed by atoms with Gasteiger partial charge in [0.05, 0.1) is 12.6 Å². The number of nitrogens with two attached hydrogens (primary N) is 1. The molecule has 0 unspecified atom stereocenters. The van der Waals surface area contributed by atoms with Gasteiger partial charge in [-0.15, -0.1) is 5.10 Å². The average molecular weight is 361 g/mol. The summed E-state index contributed by atoms with van der Waals surface area (Å²) in [6.07, 6.45) is 3.57. The van der Waals surface area contributed by atoms with Crippen molar-refractivity contribution < 1.29 is 9.13 Å². The lowest BCUT2D eigenvalue weighted by Gasteiger charge is -2.10. The average Bonchev–Trinajstić information content (AvgIpc) is 3.24. The van der Waals surface area contributed by atoms with E-state index in [2.05, 4.69) is 27.2 Å². The number of anilines is 1. The predicted octanol–water partition coefficient (Wildman–Crippen LogP) is 3.19. The van der Waals surface area contributed by atoms with Crippen molar-refractivity contribution in [1.82, 2.24) is 19.6 Å². The molecule has 0 saturated carbocycles. The molecule has 0 amide bonds. The molecule has 0 aliphatic heterocycles. The molecule has 0 fully saturated rings. The van der Waals surface area contributed by atoms with Crippen molar-refractivity contribution in [3.05, 3.63) is 65.2 Å². The van der Waals surface area contributed by atoms with E-state index in [1.807, 2.05) is 12.1 Å². The van der Waals surface area contributed by atoms with Gasteiger partial charge in [-0.25, -0.2) is 9.37 Å². The molecule has 4 aromatic rings. The number of methoxy groups -OCH3 is 1. The van der Waals surface area contributed by atoms with Crippen molar-refractivity contribution in [2.24, 2.45) is 0 Å². The minimum atomic E-state index is -0.340. The molecule has 2 aromatic carbocycles. The third kappa shape index (κ3) is 2.51. The molecule has 1 aliphatic rings. The highest BCUT2D eigenvalue weighted by Gasteiger charge is 2.19. The van der Waals surface area contributed by atoms with Gasteiger partial charge in [-0.3, -0.25) is 0 Å². The Balaban J connectivity index is 1.66. The van der Waals surface area contributed by atoms with Crippen molar-refractivity contribution in [2.75, 3.05) is 12.8 Å². The van der Waals surface area contributed by atoms with Crippen LogP contribution in [0.1, 0.15) is 17.0 Å². The van der Waals surface area contributed by atoms with Gasteiger partial charge in [0.2, 0.25) is 5.95 Å². The van der Waals surface area contributed by atoms with Gasteiger partial charge in [-0.2, -0.15) is 9.50 Å². The van der Waals surface area contributed by atoms with Crippen molar-refractivity contribution in [3.63, 3.8) is 0 Å². The summed E-state index contributed by atoms with van der Waals surface area (Å²) in [5.41, 5.74) is 10.4. The number of nitrogen functional groups attached to an aromatic ring is 1. The Morgan fingerprint density at radius 1 is 1.19 bits per heavy atom. The SMILES string of the molecule is COc1ccc2c(c1)C(Cc1nc3cc(F)ccc3c3nc(N)nn13)=CC2. The molecule has 0 saturated heterocycles. The van der Waals surface area contributed by atoms with Crippen LogP contribution in [-0.2, 0) is 12.8 Å². The number of rotatable bonds is 3. The Hall–Kier alpha value is -3.48. The van der Waals surface area contributed by atoms with Crippen molar-refractivity contribution >= 4 is 28.1 Å². The minimum Gasteiger partial charge on any atom is -0.497 e. The van der Waals surface area contributed by atoms with E-state index in [-0.39, 0.29) is 11.8 Å². The maximum absolute atomic E-state index is 13.7. The minimum absolute atomic E-state index is 0.164. The summed E-state index contributed by atoms with van der Waals surface area (Å²) in [5, 5.41) is 5.01. The number of allylic oxidation sites excluding steroid dienone is 2. The number of nitrogens with zero attached hydrogens (tertiary/aromatic N) is 4. The van der Waals surface area contributed by atoms with Crippen LogP contribution < -0.4 is 10.5 Å². The maximum atomic E-state index is 13.7. The molecule has 0 bridgehead atoms. The first-order chi connectivity index (χ1) is 13.1.